The van der Waals surface area contributed by atoms with Crippen molar-refractivity contribution in [2.24, 2.45) is 14.1 Å². The van der Waals surface area contributed by atoms with Gasteiger partial charge in [-0.05, 0) is 6.26 Å². The van der Waals surface area contributed by atoms with E-state index in [1.165, 1.54) is 23.1 Å². The van der Waals surface area contributed by atoms with Crippen LogP contribution in [0.1, 0.15) is 5.56 Å². The molecule has 0 unspecified atom stereocenters. The van der Waals surface area contributed by atoms with Crippen molar-refractivity contribution in [3.05, 3.63) is 36.8 Å². The summed E-state index contributed by atoms with van der Waals surface area (Å²) in [5, 5.41) is 9.47. The molecule has 1 N–H and O–H groups in total. The quantitative estimate of drug-likeness (QED) is 0.462. The zero-order chi connectivity index (χ0) is 16.2. The van der Waals surface area contributed by atoms with Crippen LogP contribution in [0, 0.1) is 11.3 Å². The fraction of sp³-hybridized carbons (Fsp3) is 0.250. The van der Waals surface area contributed by atoms with Crippen LogP contribution in [0.4, 0.5) is 0 Å². The van der Waals surface area contributed by atoms with Gasteiger partial charge in [0, 0.05) is 14.1 Å². The second-order valence-electron chi connectivity index (χ2n) is 4.60. The number of nitrogens with one attached hydrogen (secondary N) is 1. The molecule has 0 spiro atoms. The smallest absolute Gasteiger partial charge is 0.291 e. The van der Waals surface area contributed by atoms with Gasteiger partial charge in [-0.3, -0.25) is 28.1 Å². The molecule has 0 saturated heterocycles. The summed E-state index contributed by atoms with van der Waals surface area (Å²) < 4.78 is 3.58. The highest BCUT2D eigenvalue weighted by molar-refractivity contribution is 7.98. The number of imidazole rings is 1. The van der Waals surface area contributed by atoms with Crippen LogP contribution in [0.15, 0.2) is 19.4 Å². The number of H-pyrrole nitrogens is 1. The minimum atomic E-state index is -0.587. The number of nitrogens with zero attached hydrogens (tertiary/aromatic N) is 5. The minimum absolute atomic E-state index is 0.102. The van der Waals surface area contributed by atoms with E-state index in [0.717, 1.165) is 16.3 Å². The van der Waals surface area contributed by atoms with E-state index in [2.05, 4.69) is 9.97 Å². The summed E-state index contributed by atoms with van der Waals surface area (Å²) in [6, 6.07) is 1.83. The van der Waals surface area contributed by atoms with E-state index in [0.29, 0.717) is 5.03 Å². The molecule has 0 atom stereocenters. The van der Waals surface area contributed by atoms with Crippen molar-refractivity contribution in [2.75, 3.05) is 6.26 Å². The molecule has 22 heavy (non-hydrogen) atoms. The van der Waals surface area contributed by atoms with Gasteiger partial charge in [-0.2, -0.15) is 10.2 Å². The number of aromatic nitrogens is 5. The standard InChI is InChI=1S/C12H10N6O3S/c1-16-7-6(9(20)17(2)12(16)21)18-10(22-3)5(4-13)8(19)15-11(18)14-7/h1-3H3,(H,14,15,19). The molecule has 3 rings (SSSR count). The van der Waals surface area contributed by atoms with E-state index in [4.69, 9.17) is 5.26 Å². The minimum Gasteiger partial charge on any atom is -0.291 e. The molecule has 0 aliphatic carbocycles. The van der Waals surface area contributed by atoms with Gasteiger partial charge in [-0.15, -0.1) is 11.8 Å². The Morgan fingerprint density at radius 2 is 1.91 bits per heavy atom. The van der Waals surface area contributed by atoms with Crippen molar-refractivity contribution >= 4 is 28.7 Å². The molecule has 0 aliphatic heterocycles. The molecule has 0 saturated carbocycles. The first-order valence-corrected chi connectivity index (χ1v) is 7.33. The number of hydrogen-bond acceptors (Lipinski definition) is 6. The third kappa shape index (κ3) is 1.59. The summed E-state index contributed by atoms with van der Waals surface area (Å²) in [4.78, 5) is 43.0. The van der Waals surface area contributed by atoms with Crippen LogP contribution in [-0.4, -0.2) is 29.8 Å². The van der Waals surface area contributed by atoms with Gasteiger partial charge in [-0.1, -0.05) is 0 Å². The van der Waals surface area contributed by atoms with Gasteiger partial charge in [0.1, 0.15) is 16.7 Å². The lowest BCUT2D eigenvalue weighted by molar-refractivity contribution is 0.707. The lowest BCUT2D eigenvalue weighted by Crippen LogP contribution is -2.37. The van der Waals surface area contributed by atoms with Crippen molar-refractivity contribution < 1.29 is 0 Å². The molecule has 0 radical (unpaired) electrons. The maximum absolute atomic E-state index is 12.4. The van der Waals surface area contributed by atoms with Crippen molar-refractivity contribution in [2.45, 2.75) is 5.03 Å². The van der Waals surface area contributed by atoms with Crippen LogP contribution < -0.4 is 16.8 Å². The Hall–Kier alpha value is -2.80. The largest absolute Gasteiger partial charge is 0.332 e. The highest BCUT2D eigenvalue weighted by Crippen LogP contribution is 2.21. The predicted molar refractivity (Wildman–Crippen MR) is 80.3 cm³/mol. The number of hydrogen-bond donors (Lipinski definition) is 1. The number of aryl methyl sites for hydroxylation is 1. The van der Waals surface area contributed by atoms with Crippen LogP contribution in [-0.2, 0) is 14.1 Å². The zero-order valence-corrected chi connectivity index (χ0v) is 12.7. The maximum atomic E-state index is 12.4. The number of fused-ring (bicyclic) bond motifs is 3. The van der Waals surface area contributed by atoms with E-state index in [1.54, 1.807) is 6.26 Å². The van der Waals surface area contributed by atoms with Crippen molar-refractivity contribution in [3.8, 4) is 6.07 Å². The topological polar surface area (TPSA) is 118 Å². The molecule has 0 amide bonds. The van der Waals surface area contributed by atoms with Gasteiger partial charge in [0.15, 0.2) is 11.2 Å². The van der Waals surface area contributed by atoms with Crippen molar-refractivity contribution in [1.29, 1.82) is 5.26 Å². The van der Waals surface area contributed by atoms with Gasteiger partial charge in [0.2, 0.25) is 5.78 Å². The fourth-order valence-corrected chi connectivity index (χ4v) is 3.04. The van der Waals surface area contributed by atoms with E-state index >= 15 is 0 Å². The molecule has 9 nitrogen and oxygen atoms in total. The average molecular weight is 318 g/mol. The molecule has 3 heterocycles. The number of aromatic amines is 1. The monoisotopic (exact) mass is 318 g/mol. The molecule has 0 fully saturated rings. The first-order valence-electron chi connectivity index (χ1n) is 6.11. The molecule has 10 heteroatoms. The van der Waals surface area contributed by atoms with E-state index in [9.17, 15) is 14.4 Å². The predicted octanol–water partition coefficient (Wildman–Crippen LogP) is -0.833. The third-order valence-electron chi connectivity index (χ3n) is 3.43. The van der Waals surface area contributed by atoms with Gasteiger partial charge in [0.25, 0.3) is 11.1 Å². The first-order chi connectivity index (χ1) is 10.4. The normalized spacial score (nSPS) is 11.2. The summed E-state index contributed by atoms with van der Waals surface area (Å²) in [5.41, 5.74) is -1.47. The van der Waals surface area contributed by atoms with Gasteiger partial charge < -0.3 is 0 Å². The van der Waals surface area contributed by atoms with Crippen LogP contribution in [0.2, 0.25) is 0 Å². The highest BCUT2D eigenvalue weighted by atomic mass is 32.2. The average Bonchev–Trinajstić information content (AvgIpc) is 2.88. The molecule has 3 aromatic rings. The molecular weight excluding hydrogens is 308 g/mol. The Bertz CT molecular complexity index is 1160. The van der Waals surface area contributed by atoms with Gasteiger partial charge in [-0.25, -0.2) is 4.79 Å². The van der Waals surface area contributed by atoms with Crippen molar-refractivity contribution in [1.82, 2.24) is 23.5 Å². The van der Waals surface area contributed by atoms with E-state index < -0.39 is 16.8 Å². The third-order valence-corrected chi connectivity index (χ3v) is 4.21. The number of nitriles is 1. The Balaban J connectivity index is 2.79. The SMILES string of the molecule is CSc1c(C#N)c(=O)[nH]c2nc3c(c(=O)n(C)c(=O)n3C)n12. The molecule has 0 aliphatic rings. The van der Waals surface area contributed by atoms with Gasteiger partial charge >= 0.3 is 5.69 Å². The Kier molecular flexibility index (Phi) is 2.96. The summed E-state index contributed by atoms with van der Waals surface area (Å²) in [5.74, 6) is 0.113. The summed E-state index contributed by atoms with van der Waals surface area (Å²) >= 11 is 1.15. The molecule has 3 aromatic heterocycles. The molecule has 0 bridgehead atoms. The van der Waals surface area contributed by atoms with Crippen molar-refractivity contribution in [3.63, 3.8) is 0 Å². The second kappa shape index (κ2) is 4.60. The summed E-state index contributed by atoms with van der Waals surface area (Å²) in [6.45, 7) is 0. The lowest BCUT2D eigenvalue weighted by Gasteiger charge is -2.06. The van der Waals surface area contributed by atoms with Crippen LogP contribution in [0.3, 0.4) is 0 Å². The molecule has 0 aromatic carbocycles. The lowest BCUT2D eigenvalue weighted by atomic mass is 10.3. The Morgan fingerprint density at radius 3 is 2.50 bits per heavy atom. The number of rotatable bonds is 1. The maximum Gasteiger partial charge on any atom is 0.332 e. The van der Waals surface area contributed by atoms with E-state index in [-0.39, 0.29) is 22.5 Å². The highest BCUT2D eigenvalue weighted by Gasteiger charge is 2.20. The second-order valence-corrected chi connectivity index (χ2v) is 5.39. The Morgan fingerprint density at radius 1 is 1.23 bits per heavy atom. The molecule has 112 valence electrons. The summed E-state index contributed by atoms with van der Waals surface area (Å²) in [7, 11) is 2.85. The number of thioether (sulfide) groups is 1. The first kappa shape index (κ1) is 14.2. The van der Waals surface area contributed by atoms with Crippen LogP contribution in [0.25, 0.3) is 16.9 Å². The zero-order valence-electron chi connectivity index (χ0n) is 11.9. The molecular formula is C12H10N6O3S. The Labute approximate surface area is 126 Å². The fourth-order valence-electron chi connectivity index (χ4n) is 2.34. The van der Waals surface area contributed by atoms with E-state index in [1.807, 2.05) is 6.07 Å². The van der Waals surface area contributed by atoms with Crippen LogP contribution >= 0.6 is 11.8 Å². The van der Waals surface area contributed by atoms with Crippen LogP contribution in [0.5, 0.6) is 0 Å². The van der Waals surface area contributed by atoms with Gasteiger partial charge in [0.05, 0.1) is 0 Å². The summed E-state index contributed by atoms with van der Waals surface area (Å²) in [6.07, 6.45) is 1.69.